The Hall–Kier alpha value is -2.66. The average Bonchev–Trinajstić information content (AvgIpc) is 3.08. The number of fused-ring (bicyclic) bond motifs is 3. The molecule has 3 aromatic rings. The minimum absolute atomic E-state index is 0.174. The molecule has 4 rings (SSSR count). The summed E-state index contributed by atoms with van der Waals surface area (Å²) in [5.74, 6) is 0.352. The summed E-state index contributed by atoms with van der Waals surface area (Å²) in [5, 5.41) is 2.28. The van der Waals surface area contributed by atoms with Crippen LogP contribution in [0.25, 0.3) is 21.8 Å². The van der Waals surface area contributed by atoms with Gasteiger partial charge in [-0.1, -0.05) is 42.8 Å². The first-order valence-corrected chi connectivity index (χ1v) is 10.6. The molecule has 5 nitrogen and oxygen atoms in total. The van der Waals surface area contributed by atoms with Crippen LogP contribution in [0.3, 0.4) is 0 Å². The van der Waals surface area contributed by atoms with E-state index in [0.717, 1.165) is 73.8 Å². The first kappa shape index (κ1) is 19.6. The molecule has 2 aromatic carbocycles. The minimum atomic E-state index is 0.174. The van der Waals surface area contributed by atoms with Gasteiger partial charge in [0, 0.05) is 50.3 Å². The fourth-order valence-electron chi connectivity index (χ4n) is 4.38. The van der Waals surface area contributed by atoms with Crippen molar-refractivity contribution in [2.45, 2.75) is 32.6 Å². The minimum Gasteiger partial charge on any atom is -0.340 e. The van der Waals surface area contributed by atoms with Crippen molar-refractivity contribution in [2.24, 2.45) is 0 Å². The molecule has 1 aromatic heterocycles. The van der Waals surface area contributed by atoms with Crippen LogP contribution in [0, 0.1) is 0 Å². The van der Waals surface area contributed by atoms with E-state index in [0.29, 0.717) is 6.42 Å². The van der Waals surface area contributed by atoms with Crippen LogP contribution in [-0.4, -0.2) is 58.9 Å². The number of unbranched alkanes of at least 4 members (excludes halogenated alkanes) is 2. The Labute approximate surface area is 171 Å². The van der Waals surface area contributed by atoms with Gasteiger partial charge in [0.05, 0.1) is 11.0 Å². The van der Waals surface area contributed by atoms with E-state index in [-0.39, 0.29) is 11.8 Å². The number of amides is 1. The number of rotatable bonds is 6. The lowest BCUT2D eigenvalue weighted by Gasteiger charge is -2.34. The van der Waals surface area contributed by atoms with Gasteiger partial charge in [-0.05, 0) is 31.5 Å². The summed E-state index contributed by atoms with van der Waals surface area (Å²) in [6.07, 6.45) is 3.63. The van der Waals surface area contributed by atoms with E-state index < -0.39 is 0 Å². The van der Waals surface area contributed by atoms with Gasteiger partial charge in [0.15, 0.2) is 0 Å². The fourth-order valence-corrected chi connectivity index (χ4v) is 4.38. The number of aromatic nitrogens is 1. The third-order valence-corrected chi connectivity index (χ3v) is 6.01. The van der Waals surface area contributed by atoms with Gasteiger partial charge in [0.25, 0.3) is 0 Å². The summed E-state index contributed by atoms with van der Waals surface area (Å²) in [6.45, 7) is 6.28. The number of hydrogen-bond donors (Lipinski definition) is 0. The van der Waals surface area contributed by atoms with Crippen molar-refractivity contribution in [1.29, 1.82) is 0 Å². The van der Waals surface area contributed by atoms with Crippen LogP contribution in [-0.2, 0) is 4.79 Å². The molecule has 1 aliphatic heterocycles. The third-order valence-electron chi connectivity index (χ3n) is 6.01. The number of hydrogen-bond acceptors (Lipinski definition) is 3. The summed E-state index contributed by atoms with van der Waals surface area (Å²) in [5.41, 5.74) is 2.00. The van der Waals surface area contributed by atoms with Crippen molar-refractivity contribution in [1.82, 2.24) is 14.4 Å². The second kappa shape index (κ2) is 8.78. The van der Waals surface area contributed by atoms with Gasteiger partial charge in [0.2, 0.25) is 11.8 Å². The number of para-hydroxylation sites is 2. The molecule has 0 radical (unpaired) electrons. The van der Waals surface area contributed by atoms with Gasteiger partial charge in [-0.2, -0.15) is 0 Å². The number of nitrogens with zero attached hydrogens (tertiary/aromatic N) is 3. The molecule has 1 amide bonds. The molecule has 0 atom stereocenters. The smallest absolute Gasteiger partial charge is 0.231 e. The molecule has 0 saturated carbocycles. The molecule has 1 fully saturated rings. The van der Waals surface area contributed by atoms with Gasteiger partial charge in [-0.25, -0.2) is 0 Å². The monoisotopic (exact) mass is 391 g/mol. The predicted molar refractivity (Wildman–Crippen MR) is 117 cm³/mol. The van der Waals surface area contributed by atoms with Crippen molar-refractivity contribution in [3.8, 4) is 0 Å². The molecule has 29 heavy (non-hydrogen) atoms. The molecule has 1 saturated heterocycles. The zero-order valence-electron chi connectivity index (χ0n) is 17.1. The summed E-state index contributed by atoms with van der Waals surface area (Å²) in [4.78, 5) is 28.8. The van der Waals surface area contributed by atoms with Crippen LogP contribution in [0.1, 0.15) is 37.4 Å². The SMILES string of the molecule is CC(=O)N1CCN(CCCCCC(=O)n2c3ccccc3c3ccccc32)CC1. The van der Waals surface area contributed by atoms with E-state index in [2.05, 4.69) is 17.0 Å². The quantitative estimate of drug-likeness (QED) is 0.593. The summed E-state index contributed by atoms with van der Waals surface area (Å²) in [7, 11) is 0. The topological polar surface area (TPSA) is 45.6 Å². The van der Waals surface area contributed by atoms with Crippen molar-refractivity contribution in [2.75, 3.05) is 32.7 Å². The summed E-state index contributed by atoms with van der Waals surface area (Å²) in [6, 6.07) is 16.3. The Morgan fingerprint density at radius 3 is 1.97 bits per heavy atom. The van der Waals surface area contributed by atoms with E-state index in [9.17, 15) is 9.59 Å². The molecule has 1 aliphatic rings. The predicted octanol–water partition coefficient (Wildman–Crippen LogP) is 4.16. The van der Waals surface area contributed by atoms with Crippen molar-refractivity contribution in [3.63, 3.8) is 0 Å². The Kier molecular flexibility index (Phi) is 5.95. The molecule has 0 bridgehead atoms. The standard InChI is InChI=1S/C24H29N3O2/c1-19(28)26-17-15-25(16-18-26)14-8-2-3-13-24(29)27-22-11-6-4-9-20(22)21-10-5-7-12-23(21)27/h4-7,9-12H,2-3,8,13-18H2,1H3. The molecule has 2 heterocycles. The molecule has 0 N–H and O–H groups in total. The van der Waals surface area contributed by atoms with E-state index in [4.69, 9.17) is 0 Å². The van der Waals surface area contributed by atoms with Crippen molar-refractivity contribution >= 4 is 33.6 Å². The second-order valence-corrected chi connectivity index (χ2v) is 7.92. The van der Waals surface area contributed by atoms with Crippen LogP contribution in [0.5, 0.6) is 0 Å². The summed E-state index contributed by atoms with van der Waals surface area (Å²) < 4.78 is 1.89. The highest BCUT2D eigenvalue weighted by atomic mass is 16.2. The molecule has 0 spiro atoms. The van der Waals surface area contributed by atoms with Crippen LogP contribution in [0.2, 0.25) is 0 Å². The van der Waals surface area contributed by atoms with Crippen LogP contribution in [0.4, 0.5) is 0 Å². The Bertz CT molecular complexity index is 962. The maximum absolute atomic E-state index is 13.0. The third kappa shape index (κ3) is 4.20. The Morgan fingerprint density at radius 1 is 0.793 bits per heavy atom. The van der Waals surface area contributed by atoms with E-state index >= 15 is 0 Å². The molecular formula is C24H29N3O2. The normalized spacial score (nSPS) is 15.3. The molecule has 5 heteroatoms. The highest BCUT2D eigenvalue weighted by molar-refractivity contribution is 6.13. The molecule has 152 valence electrons. The number of benzene rings is 2. The lowest BCUT2D eigenvalue weighted by Crippen LogP contribution is -2.48. The first-order chi connectivity index (χ1) is 14.1. The van der Waals surface area contributed by atoms with E-state index in [1.165, 1.54) is 0 Å². The molecule has 0 aliphatic carbocycles. The number of carbonyl (C=O) groups excluding carboxylic acids is 2. The Balaban J connectivity index is 1.30. The van der Waals surface area contributed by atoms with Gasteiger partial charge >= 0.3 is 0 Å². The van der Waals surface area contributed by atoms with Gasteiger partial charge in [-0.3, -0.25) is 19.1 Å². The maximum atomic E-state index is 13.0. The van der Waals surface area contributed by atoms with Crippen LogP contribution < -0.4 is 0 Å². The van der Waals surface area contributed by atoms with Gasteiger partial charge in [-0.15, -0.1) is 0 Å². The van der Waals surface area contributed by atoms with Crippen molar-refractivity contribution in [3.05, 3.63) is 48.5 Å². The average molecular weight is 392 g/mol. The van der Waals surface area contributed by atoms with E-state index in [1.54, 1.807) is 6.92 Å². The zero-order chi connectivity index (χ0) is 20.2. The first-order valence-electron chi connectivity index (χ1n) is 10.6. The van der Waals surface area contributed by atoms with Crippen LogP contribution in [0.15, 0.2) is 48.5 Å². The second-order valence-electron chi connectivity index (χ2n) is 7.92. The molecule has 0 unspecified atom stereocenters. The highest BCUT2D eigenvalue weighted by Gasteiger charge is 2.18. The largest absolute Gasteiger partial charge is 0.340 e. The summed E-state index contributed by atoms with van der Waals surface area (Å²) >= 11 is 0. The number of carbonyl (C=O) groups is 2. The fraction of sp³-hybridized carbons (Fsp3) is 0.417. The van der Waals surface area contributed by atoms with Crippen molar-refractivity contribution < 1.29 is 9.59 Å². The van der Waals surface area contributed by atoms with E-state index in [1.807, 2.05) is 45.9 Å². The lowest BCUT2D eigenvalue weighted by atomic mass is 10.1. The molecular weight excluding hydrogens is 362 g/mol. The number of piperazine rings is 1. The Morgan fingerprint density at radius 2 is 1.38 bits per heavy atom. The maximum Gasteiger partial charge on any atom is 0.231 e. The van der Waals surface area contributed by atoms with Crippen LogP contribution >= 0.6 is 0 Å². The lowest BCUT2D eigenvalue weighted by molar-refractivity contribution is -0.130. The zero-order valence-corrected chi connectivity index (χ0v) is 17.1. The highest BCUT2D eigenvalue weighted by Crippen LogP contribution is 2.29. The van der Waals surface area contributed by atoms with Gasteiger partial charge < -0.3 is 4.90 Å². The van der Waals surface area contributed by atoms with Gasteiger partial charge in [0.1, 0.15) is 0 Å².